The molecule has 21 heavy (non-hydrogen) atoms. The van der Waals surface area contributed by atoms with E-state index in [9.17, 15) is 4.79 Å². The minimum atomic E-state index is -0.847. The van der Waals surface area contributed by atoms with Crippen LogP contribution in [0.5, 0.6) is 0 Å². The zero-order valence-corrected chi connectivity index (χ0v) is 12.3. The predicted molar refractivity (Wildman–Crippen MR) is 80.1 cm³/mol. The largest absolute Gasteiger partial charge is 0.481 e. The fourth-order valence-corrected chi connectivity index (χ4v) is 3.26. The number of fused-ring (bicyclic) bond motifs is 1. The van der Waals surface area contributed by atoms with Crippen LogP contribution in [0.2, 0.25) is 0 Å². The van der Waals surface area contributed by atoms with Gasteiger partial charge in [-0.3, -0.25) is 4.79 Å². The van der Waals surface area contributed by atoms with Gasteiger partial charge in [0.1, 0.15) is 0 Å². The summed E-state index contributed by atoms with van der Waals surface area (Å²) in [6.45, 7) is 0.854. The van der Waals surface area contributed by atoms with Crippen molar-refractivity contribution in [2.75, 3.05) is 5.75 Å². The Morgan fingerprint density at radius 2 is 2.33 bits per heavy atom. The van der Waals surface area contributed by atoms with Crippen LogP contribution in [0, 0.1) is 17.2 Å². The zero-order chi connectivity index (χ0) is 14.8. The highest BCUT2D eigenvalue weighted by atomic mass is 32.2. The first-order chi connectivity index (χ1) is 10.2. The molecule has 0 amide bonds. The van der Waals surface area contributed by atoms with Gasteiger partial charge >= 0.3 is 5.97 Å². The topological polar surface area (TPSA) is 78.9 Å². The zero-order valence-electron chi connectivity index (χ0n) is 11.5. The molecule has 1 saturated carbocycles. The van der Waals surface area contributed by atoms with Gasteiger partial charge < -0.3 is 9.67 Å². The maximum absolute atomic E-state index is 10.8. The summed E-state index contributed by atoms with van der Waals surface area (Å²) in [6.07, 6.45) is 3.68. The molecule has 1 N–H and O–H groups in total. The molecule has 1 aromatic heterocycles. The summed E-state index contributed by atoms with van der Waals surface area (Å²) >= 11 is 1.24. The van der Waals surface area contributed by atoms with Crippen LogP contribution in [0.1, 0.15) is 24.8 Å². The number of carboxylic acid groups (broad SMARTS) is 1. The first kappa shape index (κ1) is 14.0. The third kappa shape index (κ3) is 2.88. The highest BCUT2D eigenvalue weighted by Crippen LogP contribution is 2.32. The number of benzene rings is 1. The van der Waals surface area contributed by atoms with Gasteiger partial charge in [-0.15, -0.1) is 0 Å². The van der Waals surface area contributed by atoms with E-state index in [1.54, 1.807) is 6.07 Å². The molecule has 1 aliphatic carbocycles. The van der Waals surface area contributed by atoms with Crippen molar-refractivity contribution in [1.29, 1.82) is 5.26 Å². The van der Waals surface area contributed by atoms with Gasteiger partial charge in [0, 0.05) is 6.54 Å². The van der Waals surface area contributed by atoms with Gasteiger partial charge in [-0.25, -0.2) is 4.98 Å². The van der Waals surface area contributed by atoms with Gasteiger partial charge in [0.15, 0.2) is 5.16 Å². The molecule has 1 aromatic carbocycles. The quantitative estimate of drug-likeness (QED) is 0.859. The molecule has 2 aromatic rings. The first-order valence-corrected chi connectivity index (χ1v) is 7.91. The number of hydrogen-bond acceptors (Lipinski definition) is 4. The average Bonchev–Trinajstić information content (AvgIpc) is 2.77. The van der Waals surface area contributed by atoms with E-state index in [-0.39, 0.29) is 5.75 Å². The number of aliphatic carboxylic acids is 1. The fourth-order valence-electron chi connectivity index (χ4n) is 2.52. The van der Waals surface area contributed by atoms with Crippen LogP contribution >= 0.6 is 11.8 Å². The second kappa shape index (κ2) is 5.78. The smallest absolute Gasteiger partial charge is 0.313 e. The summed E-state index contributed by atoms with van der Waals surface area (Å²) in [5.41, 5.74) is 2.35. The monoisotopic (exact) mass is 301 g/mol. The summed E-state index contributed by atoms with van der Waals surface area (Å²) in [6, 6.07) is 7.56. The van der Waals surface area contributed by atoms with E-state index in [0.717, 1.165) is 22.7 Å². The van der Waals surface area contributed by atoms with Crippen LogP contribution in [-0.4, -0.2) is 26.4 Å². The molecule has 5 nitrogen and oxygen atoms in total. The summed E-state index contributed by atoms with van der Waals surface area (Å²) in [4.78, 5) is 15.3. The minimum Gasteiger partial charge on any atom is -0.481 e. The fraction of sp³-hybridized carbons (Fsp3) is 0.400. The van der Waals surface area contributed by atoms with Crippen molar-refractivity contribution in [3.8, 4) is 6.07 Å². The van der Waals surface area contributed by atoms with Crippen LogP contribution < -0.4 is 0 Å². The molecule has 0 aliphatic heterocycles. The Labute approximate surface area is 126 Å². The van der Waals surface area contributed by atoms with E-state index in [1.165, 1.54) is 31.0 Å². The Balaban J connectivity index is 2.00. The summed E-state index contributed by atoms with van der Waals surface area (Å²) in [7, 11) is 0. The number of hydrogen-bond donors (Lipinski definition) is 1. The van der Waals surface area contributed by atoms with Gasteiger partial charge in [-0.05, 0) is 37.0 Å². The lowest BCUT2D eigenvalue weighted by molar-refractivity contribution is -0.133. The van der Waals surface area contributed by atoms with Gasteiger partial charge in [0.05, 0.1) is 28.4 Å². The van der Waals surface area contributed by atoms with E-state index in [1.807, 2.05) is 12.1 Å². The van der Waals surface area contributed by atoms with Gasteiger partial charge in [0.25, 0.3) is 0 Å². The second-order valence-corrected chi connectivity index (χ2v) is 6.24. The molecule has 0 radical (unpaired) electrons. The van der Waals surface area contributed by atoms with Crippen molar-refractivity contribution in [3.63, 3.8) is 0 Å². The Morgan fingerprint density at radius 1 is 1.52 bits per heavy atom. The molecule has 1 aliphatic rings. The molecule has 0 unspecified atom stereocenters. The number of thioether (sulfide) groups is 1. The highest BCUT2D eigenvalue weighted by Gasteiger charge is 2.21. The number of carboxylic acids is 1. The van der Waals surface area contributed by atoms with Gasteiger partial charge in [0.2, 0.25) is 0 Å². The van der Waals surface area contributed by atoms with E-state index in [2.05, 4.69) is 15.6 Å². The van der Waals surface area contributed by atoms with Crippen molar-refractivity contribution in [1.82, 2.24) is 9.55 Å². The summed E-state index contributed by atoms with van der Waals surface area (Å²) in [5, 5.41) is 18.6. The Kier molecular flexibility index (Phi) is 3.84. The number of aromatic nitrogens is 2. The first-order valence-electron chi connectivity index (χ1n) is 6.92. The van der Waals surface area contributed by atoms with E-state index < -0.39 is 5.97 Å². The molecular formula is C15H15N3O2S. The number of nitriles is 1. The van der Waals surface area contributed by atoms with Crippen LogP contribution in [0.25, 0.3) is 11.0 Å². The SMILES string of the molecule is N#Cc1ccc2nc(SCC(=O)O)n(CC3CCC3)c2c1. The lowest BCUT2D eigenvalue weighted by atomic mass is 9.85. The highest BCUT2D eigenvalue weighted by molar-refractivity contribution is 7.99. The number of carbonyl (C=O) groups is 1. The lowest BCUT2D eigenvalue weighted by Crippen LogP contribution is -2.18. The van der Waals surface area contributed by atoms with Crippen molar-refractivity contribution in [2.45, 2.75) is 31.0 Å². The third-order valence-electron chi connectivity index (χ3n) is 3.83. The van der Waals surface area contributed by atoms with Crippen molar-refractivity contribution in [3.05, 3.63) is 23.8 Å². The van der Waals surface area contributed by atoms with Crippen LogP contribution in [0.3, 0.4) is 0 Å². The molecule has 0 spiro atoms. The molecule has 6 heteroatoms. The number of rotatable bonds is 5. The van der Waals surface area contributed by atoms with Crippen molar-refractivity contribution >= 4 is 28.8 Å². The predicted octanol–water partition coefficient (Wildman–Crippen LogP) is 2.88. The van der Waals surface area contributed by atoms with Crippen LogP contribution in [-0.2, 0) is 11.3 Å². The van der Waals surface area contributed by atoms with Crippen molar-refractivity contribution in [2.24, 2.45) is 5.92 Å². The Bertz CT molecular complexity index is 728. The maximum Gasteiger partial charge on any atom is 0.313 e. The number of nitrogens with zero attached hydrogens (tertiary/aromatic N) is 3. The molecule has 3 rings (SSSR count). The molecule has 0 bridgehead atoms. The summed E-state index contributed by atoms with van der Waals surface area (Å²) < 4.78 is 2.08. The van der Waals surface area contributed by atoms with E-state index in [0.29, 0.717) is 11.5 Å². The number of imidazole rings is 1. The van der Waals surface area contributed by atoms with Crippen LogP contribution in [0.4, 0.5) is 0 Å². The molecule has 108 valence electrons. The summed E-state index contributed by atoms with van der Waals surface area (Å²) in [5.74, 6) is -0.212. The standard InChI is InChI=1S/C15H15N3O2S/c16-7-11-4-5-12-13(6-11)18(8-10-2-1-3-10)15(17-12)21-9-14(19)20/h4-6,10H,1-3,8-9H2,(H,19,20). The lowest BCUT2D eigenvalue weighted by Gasteiger charge is -2.26. The molecule has 1 fully saturated rings. The molecular weight excluding hydrogens is 286 g/mol. The Hall–Kier alpha value is -2.00. The molecule has 0 saturated heterocycles. The third-order valence-corrected chi connectivity index (χ3v) is 4.79. The van der Waals surface area contributed by atoms with Gasteiger partial charge in [-0.1, -0.05) is 18.2 Å². The molecule has 0 atom stereocenters. The second-order valence-electron chi connectivity index (χ2n) is 5.30. The van der Waals surface area contributed by atoms with E-state index in [4.69, 9.17) is 10.4 Å². The minimum absolute atomic E-state index is 0.000897. The Morgan fingerprint density at radius 3 is 2.95 bits per heavy atom. The molecule has 1 heterocycles. The average molecular weight is 301 g/mol. The van der Waals surface area contributed by atoms with Crippen molar-refractivity contribution < 1.29 is 9.90 Å². The van der Waals surface area contributed by atoms with E-state index >= 15 is 0 Å². The maximum atomic E-state index is 10.8. The van der Waals surface area contributed by atoms with Crippen LogP contribution in [0.15, 0.2) is 23.4 Å². The van der Waals surface area contributed by atoms with Gasteiger partial charge in [-0.2, -0.15) is 5.26 Å². The normalized spacial score (nSPS) is 14.8.